The van der Waals surface area contributed by atoms with Crippen molar-refractivity contribution in [2.75, 3.05) is 0 Å². The van der Waals surface area contributed by atoms with Crippen LogP contribution in [0.3, 0.4) is 0 Å². The van der Waals surface area contributed by atoms with Crippen LogP contribution < -0.4 is 10.7 Å². The van der Waals surface area contributed by atoms with E-state index in [1.807, 2.05) is 0 Å². The maximum atomic E-state index is 13.8. The van der Waals surface area contributed by atoms with Crippen molar-refractivity contribution < 1.29 is 22.9 Å². The van der Waals surface area contributed by atoms with Crippen molar-refractivity contribution in [2.45, 2.75) is 24.3 Å². The maximum absolute atomic E-state index is 13.8. The Hall–Kier alpha value is -3.11. The van der Waals surface area contributed by atoms with E-state index in [0.29, 0.717) is 16.1 Å². The minimum absolute atomic E-state index is 0.197. The fourth-order valence-corrected chi connectivity index (χ4v) is 3.82. The van der Waals surface area contributed by atoms with Gasteiger partial charge >= 0.3 is 6.18 Å². The summed E-state index contributed by atoms with van der Waals surface area (Å²) >= 11 is 5.87. The number of rotatable bonds is 3. The van der Waals surface area contributed by atoms with Gasteiger partial charge in [-0.15, -0.1) is 0 Å². The van der Waals surface area contributed by atoms with Crippen LogP contribution in [0.1, 0.15) is 17.0 Å². The molecule has 0 aromatic heterocycles. The van der Waals surface area contributed by atoms with Gasteiger partial charge in [-0.05, 0) is 17.7 Å². The van der Waals surface area contributed by atoms with Crippen LogP contribution in [0.15, 0.2) is 54.6 Å². The first kappa shape index (κ1) is 20.2. The number of fused-ring (bicyclic) bond motifs is 1. The number of hydrogen-bond donors (Lipinski definition) is 2. The van der Waals surface area contributed by atoms with Crippen LogP contribution in [-0.4, -0.2) is 34.2 Å². The smallest absolute Gasteiger partial charge is 0.363 e. The predicted octanol–water partition coefficient (Wildman–Crippen LogP) is 3.58. The van der Waals surface area contributed by atoms with Crippen molar-refractivity contribution in [1.29, 1.82) is 0 Å². The molecule has 3 atom stereocenters. The van der Waals surface area contributed by atoms with Gasteiger partial charge in [0, 0.05) is 34.5 Å². The molecule has 0 radical (unpaired) electrons. The third-order valence-electron chi connectivity index (χ3n) is 5.04. The normalized spacial score (nSPS) is 23.6. The number of nitrogens with one attached hydrogen (secondary N) is 2. The van der Waals surface area contributed by atoms with Crippen molar-refractivity contribution >= 4 is 28.9 Å². The van der Waals surface area contributed by atoms with Crippen LogP contribution in [0.4, 0.5) is 18.9 Å². The number of benzene rings is 2. The van der Waals surface area contributed by atoms with E-state index in [0.717, 1.165) is 11.1 Å². The topological polar surface area (TPSA) is 87.5 Å². The summed E-state index contributed by atoms with van der Waals surface area (Å²) in [7, 11) is 0. The lowest BCUT2D eigenvalue weighted by Gasteiger charge is -2.33. The second-order valence-corrected chi connectivity index (χ2v) is 7.33. The molecule has 11 heteroatoms. The first-order chi connectivity index (χ1) is 14.1. The highest BCUT2D eigenvalue weighted by atomic mass is 35.5. The van der Waals surface area contributed by atoms with E-state index in [-0.39, 0.29) is 11.4 Å². The number of hydrazine groups is 1. The number of nitrogens with zero attached hydrogens (tertiary/aromatic N) is 2. The maximum Gasteiger partial charge on any atom is 0.406 e. The number of carbonyl (C=O) groups excluding carboxylic acids is 1. The molecule has 2 N–H and O–H groups in total. The highest BCUT2D eigenvalue weighted by molar-refractivity contribution is 6.30. The lowest BCUT2D eigenvalue weighted by Crippen LogP contribution is -2.53. The van der Waals surface area contributed by atoms with Crippen molar-refractivity contribution in [1.82, 2.24) is 15.8 Å². The summed E-state index contributed by atoms with van der Waals surface area (Å²) in [5.41, 5.74) is 2.92. The van der Waals surface area contributed by atoms with E-state index in [4.69, 9.17) is 11.6 Å². The van der Waals surface area contributed by atoms with E-state index in [9.17, 15) is 28.1 Å². The van der Waals surface area contributed by atoms with E-state index in [1.165, 1.54) is 48.5 Å². The number of nitro groups is 1. The van der Waals surface area contributed by atoms with Crippen molar-refractivity contribution in [3.05, 3.63) is 80.9 Å². The van der Waals surface area contributed by atoms with E-state index >= 15 is 0 Å². The molecule has 1 saturated heterocycles. The molecule has 1 fully saturated rings. The molecule has 2 aliphatic rings. The Balaban J connectivity index is 1.74. The van der Waals surface area contributed by atoms with Crippen LogP contribution in [0.2, 0.25) is 5.02 Å². The summed E-state index contributed by atoms with van der Waals surface area (Å²) in [5, 5.41) is 15.3. The minimum atomic E-state index is -4.63. The van der Waals surface area contributed by atoms with Gasteiger partial charge in [-0.3, -0.25) is 19.9 Å². The largest absolute Gasteiger partial charge is 0.406 e. The first-order valence-electron chi connectivity index (χ1n) is 8.80. The standard InChI is InChI=1S/C19H14ClF3N4O3/c20-12-6-4-10(5-7-12)16-17(19(21,22)23)25-26-15(28)9-14(24-18(16)26)11-2-1-3-13(8-11)27(29)30/h1-9,16-18,24-25H. The molecule has 0 saturated carbocycles. The Kier molecular flexibility index (Phi) is 4.91. The Bertz CT molecular complexity index is 1040. The summed E-state index contributed by atoms with van der Waals surface area (Å²) in [6, 6.07) is 9.42. The highest BCUT2D eigenvalue weighted by Crippen LogP contribution is 2.41. The average molecular weight is 439 g/mol. The molecular formula is C19H14ClF3N4O3. The van der Waals surface area contributed by atoms with Crippen molar-refractivity contribution in [2.24, 2.45) is 0 Å². The van der Waals surface area contributed by atoms with Gasteiger partial charge in [0.15, 0.2) is 0 Å². The van der Waals surface area contributed by atoms with Gasteiger partial charge < -0.3 is 5.32 Å². The molecule has 2 aliphatic heterocycles. The number of hydrogen-bond acceptors (Lipinski definition) is 5. The van der Waals surface area contributed by atoms with Gasteiger partial charge in [0.05, 0.1) is 10.8 Å². The Labute approximate surface area is 173 Å². The van der Waals surface area contributed by atoms with Crippen LogP contribution in [-0.2, 0) is 4.79 Å². The lowest BCUT2D eigenvalue weighted by molar-refractivity contribution is -0.384. The third-order valence-corrected chi connectivity index (χ3v) is 5.29. The average Bonchev–Trinajstić information content (AvgIpc) is 3.09. The van der Waals surface area contributed by atoms with Gasteiger partial charge in [-0.2, -0.15) is 13.2 Å². The molecular weight excluding hydrogens is 425 g/mol. The fraction of sp³-hybridized carbons (Fsp3) is 0.211. The predicted molar refractivity (Wildman–Crippen MR) is 102 cm³/mol. The quantitative estimate of drug-likeness (QED) is 0.565. The van der Waals surface area contributed by atoms with Crippen molar-refractivity contribution in [3.63, 3.8) is 0 Å². The highest BCUT2D eigenvalue weighted by Gasteiger charge is 2.57. The monoisotopic (exact) mass is 438 g/mol. The number of alkyl halides is 3. The fourth-order valence-electron chi connectivity index (χ4n) is 3.69. The van der Waals surface area contributed by atoms with E-state index in [2.05, 4.69) is 10.7 Å². The molecule has 2 heterocycles. The SMILES string of the molecule is O=C1C=C(c2cccc([N+](=O)[O-])c2)NC2C(c3ccc(Cl)cc3)C(C(F)(F)F)NN12. The van der Waals surface area contributed by atoms with Gasteiger partial charge in [-0.25, -0.2) is 5.43 Å². The molecule has 0 aliphatic carbocycles. The van der Waals surface area contributed by atoms with E-state index < -0.39 is 35.1 Å². The summed E-state index contributed by atoms with van der Waals surface area (Å²) in [6.45, 7) is 0. The lowest BCUT2D eigenvalue weighted by atomic mass is 9.89. The minimum Gasteiger partial charge on any atom is -0.363 e. The zero-order valence-corrected chi connectivity index (χ0v) is 15.8. The molecule has 156 valence electrons. The third kappa shape index (κ3) is 3.59. The number of amides is 1. The summed E-state index contributed by atoms with van der Waals surface area (Å²) in [5.74, 6) is -1.86. The van der Waals surface area contributed by atoms with Crippen LogP contribution in [0.5, 0.6) is 0 Å². The van der Waals surface area contributed by atoms with Gasteiger partial charge in [0.1, 0.15) is 12.2 Å². The van der Waals surface area contributed by atoms with Crippen molar-refractivity contribution in [3.8, 4) is 0 Å². The zero-order chi connectivity index (χ0) is 21.6. The number of halogens is 4. The summed E-state index contributed by atoms with van der Waals surface area (Å²) in [4.78, 5) is 23.1. The molecule has 2 aromatic carbocycles. The number of nitro benzene ring substituents is 1. The molecule has 0 bridgehead atoms. The molecule has 0 spiro atoms. The Morgan fingerprint density at radius 2 is 1.83 bits per heavy atom. The number of carbonyl (C=O) groups is 1. The van der Waals surface area contributed by atoms with Gasteiger partial charge in [0.2, 0.25) is 0 Å². The second kappa shape index (κ2) is 7.29. The molecule has 3 unspecified atom stereocenters. The molecule has 1 amide bonds. The first-order valence-corrected chi connectivity index (χ1v) is 9.17. The summed E-state index contributed by atoms with van der Waals surface area (Å²) in [6.07, 6.45) is -4.58. The summed E-state index contributed by atoms with van der Waals surface area (Å²) < 4.78 is 41.3. The molecule has 4 rings (SSSR count). The van der Waals surface area contributed by atoms with E-state index in [1.54, 1.807) is 0 Å². The van der Waals surface area contributed by atoms with Gasteiger partial charge in [-0.1, -0.05) is 35.9 Å². The van der Waals surface area contributed by atoms with Crippen LogP contribution in [0, 0.1) is 10.1 Å². The number of non-ortho nitro benzene ring substituents is 1. The molecule has 7 nitrogen and oxygen atoms in total. The second-order valence-electron chi connectivity index (χ2n) is 6.89. The molecule has 30 heavy (non-hydrogen) atoms. The Morgan fingerprint density at radius 3 is 2.47 bits per heavy atom. The van der Waals surface area contributed by atoms with Gasteiger partial charge in [0.25, 0.3) is 11.6 Å². The zero-order valence-electron chi connectivity index (χ0n) is 15.1. The molecule has 2 aromatic rings. The Morgan fingerprint density at radius 1 is 1.13 bits per heavy atom. The van der Waals surface area contributed by atoms with Crippen LogP contribution in [0.25, 0.3) is 5.70 Å². The van der Waals surface area contributed by atoms with Crippen LogP contribution >= 0.6 is 11.6 Å².